The fourth-order valence-electron chi connectivity index (χ4n) is 8.40. The Morgan fingerprint density at radius 1 is 1.02 bits per heavy atom. The zero-order valence-corrected chi connectivity index (χ0v) is 35.4. The molecule has 15 nitrogen and oxygen atoms in total. The third-order valence-corrected chi connectivity index (χ3v) is 14.8. The van der Waals surface area contributed by atoms with Crippen LogP contribution in [0.2, 0.25) is 0 Å². The highest BCUT2D eigenvalue weighted by Crippen LogP contribution is 2.47. The molecule has 0 radical (unpaired) electrons. The number of aromatic nitrogens is 2. The number of ether oxygens (including phenoxy) is 1. The highest BCUT2D eigenvalue weighted by atomic mass is 32.2. The molecule has 3 fully saturated rings. The number of amides is 4. The monoisotopic (exact) mass is 829 g/mol. The van der Waals surface area contributed by atoms with Gasteiger partial charge in [0.2, 0.25) is 27.7 Å². The molecule has 1 saturated heterocycles. The summed E-state index contributed by atoms with van der Waals surface area (Å²) in [7, 11) is -0.224. The molecule has 316 valence electrons. The minimum atomic E-state index is -4.02. The first kappa shape index (κ1) is 41.9. The van der Waals surface area contributed by atoms with E-state index in [-0.39, 0.29) is 49.2 Å². The van der Waals surface area contributed by atoms with Gasteiger partial charge in [0.05, 0.1) is 22.1 Å². The number of rotatable bonds is 9. The molecule has 7 rings (SSSR count). The van der Waals surface area contributed by atoms with Crippen molar-refractivity contribution in [2.45, 2.75) is 108 Å². The quantitative estimate of drug-likeness (QED) is 0.270. The molecular formula is C43H55N7O8S. The first-order valence-electron chi connectivity index (χ1n) is 20.6. The average molecular weight is 830 g/mol. The Kier molecular flexibility index (Phi) is 11.4. The van der Waals surface area contributed by atoms with Crippen molar-refractivity contribution in [3.63, 3.8) is 0 Å². The van der Waals surface area contributed by atoms with Gasteiger partial charge in [0, 0.05) is 44.2 Å². The summed E-state index contributed by atoms with van der Waals surface area (Å²) < 4.78 is 35.5. The Hall–Kier alpha value is -5.25. The van der Waals surface area contributed by atoms with Crippen LogP contribution in [-0.4, -0.2) is 95.8 Å². The number of nitrogens with one attached hydrogen (secondary N) is 3. The molecule has 2 aliphatic carbocycles. The lowest BCUT2D eigenvalue weighted by Gasteiger charge is -2.33. The molecule has 0 unspecified atom stereocenters. The number of aryl methyl sites for hydroxylation is 1. The van der Waals surface area contributed by atoms with Crippen molar-refractivity contribution in [2.24, 2.45) is 17.8 Å². The molecule has 4 amide bonds. The number of allylic oxidation sites excluding steroid dienone is 1. The SMILES string of the molecule is CCn1nc(O[C@@H]2C[C@H]3C(=O)N[C@]4(C(=O)NS(=O)(=O)C5(C)CC5)C[C@H]4C=CCC[C@@H](C)C[C@@H](C)[C@H](NC(=O)c4ccc(N(C)C)cc4)C(=O)N3C2)c2ccccc2c1=O. The third kappa shape index (κ3) is 8.32. The summed E-state index contributed by atoms with van der Waals surface area (Å²) in [6, 6.07) is 11.8. The van der Waals surface area contributed by atoms with E-state index >= 15 is 4.79 Å². The van der Waals surface area contributed by atoms with Crippen molar-refractivity contribution >= 4 is 50.1 Å². The van der Waals surface area contributed by atoms with Crippen LogP contribution in [0.1, 0.15) is 83.0 Å². The minimum absolute atomic E-state index is 0.00907. The molecule has 1 aromatic heterocycles. The Labute approximate surface area is 345 Å². The second kappa shape index (κ2) is 16.1. The Bertz CT molecular complexity index is 2340. The molecule has 0 bridgehead atoms. The van der Waals surface area contributed by atoms with Gasteiger partial charge in [0.1, 0.15) is 23.7 Å². The Balaban J connectivity index is 1.25. The molecule has 2 saturated carbocycles. The molecule has 16 heteroatoms. The van der Waals surface area contributed by atoms with Gasteiger partial charge in [-0.1, -0.05) is 38.1 Å². The van der Waals surface area contributed by atoms with Crippen LogP contribution in [0.5, 0.6) is 5.88 Å². The van der Waals surface area contributed by atoms with Crippen LogP contribution in [0.4, 0.5) is 5.69 Å². The van der Waals surface area contributed by atoms with Gasteiger partial charge in [0.25, 0.3) is 17.4 Å². The van der Waals surface area contributed by atoms with Crippen LogP contribution >= 0.6 is 0 Å². The highest BCUT2D eigenvalue weighted by molar-refractivity contribution is 7.91. The first-order chi connectivity index (χ1) is 28.0. The molecule has 3 N–H and O–H groups in total. The number of benzene rings is 2. The summed E-state index contributed by atoms with van der Waals surface area (Å²) in [5.41, 5.74) is -0.565. The molecule has 3 aromatic rings. The van der Waals surface area contributed by atoms with Crippen molar-refractivity contribution in [3.05, 3.63) is 76.6 Å². The fourth-order valence-corrected chi connectivity index (χ4v) is 9.71. The van der Waals surface area contributed by atoms with Gasteiger partial charge in [-0.05, 0) is 101 Å². The standard InChI is InChI=1S/C43H55N7O8S/c1-7-50-39(53)33-15-11-10-14-32(33)38(46-50)58-31-23-34-37(52)45-43(41(55)47-59(56,57)42(4)20-21-42)24-29(43)13-9-8-12-26(2)22-27(3)35(40(54)49(34)25-31)44-36(51)28-16-18-30(19-17-28)48(5)6/h9-11,13-19,26-27,29,31,34-35H,7-8,12,20-25H2,1-6H3,(H,44,51)(H,45,52)(H,47,55)/t26-,27-,29-,31-,34+,35+,43-/m1/s1. The molecule has 7 atom stereocenters. The van der Waals surface area contributed by atoms with Crippen LogP contribution in [0.15, 0.2) is 65.5 Å². The predicted octanol–water partition coefficient (Wildman–Crippen LogP) is 3.52. The lowest BCUT2D eigenvalue weighted by atomic mass is 9.87. The van der Waals surface area contributed by atoms with Gasteiger partial charge in [-0.25, -0.2) is 13.1 Å². The van der Waals surface area contributed by atoms with Crippen LogP contribution in [0, 0.1) is 17.8 Å². The van der Waals surface area contributed by atoms with E-state index in [0.29, 0.717) is 42.0 Å². The van der Waals surface area contributed by atoms with E-state index in [1.807, 2.05) is 50.2 Å². The predicted molar refractivity (Wildman–Crippen MR) is 223 cm³/mol. The summed E-state index contributed by atoms with van der Waals surface area (Å²) >= 11 is 0. The van der Waals surface area contributed by atoms with E-state index < -0.39 is 68.0 Å². The number of carbonyl (C=O) groups excluding carboxylic acids is 4. The summed E-state index contributed by atoms with van der Waals surface area (Å²) in [4.78, 5) is 74.0. The van der Waals surface area contributed by atoms with Crippen molar-refractivity contribution in [1.29, 1.82) is 0 Å². The van der Waals surface area contributed by atoms with E-state index in [9.17, 15) is 27.6 Å². The number of hydrogen-bond donors (Lipinski definition) is 3. The molecule has 2 aliphatic heterocycles. The van der Waals surface area contributed by atoms with E-state index in [4.69, 9.17) is 4.74 Å². The van der Waals surface area contributed by atoms with E-state index in [1.165, 1.54) is 9.58 Å². The third-order valence-electron chi connectivity index (χ3n) is 12.6. The fraction of sp³-hybridized carbons (Fsp3) is 0.535. The number of hydrogen-bond acceptors (Lipinski definition) is 10. The second-order valence-electron chi connectivity index (χ2n) is 17.3. The molecule has 59 heavy (non-hydrogen) atoms. The summed E-state index contributed by atoms with van der Waals surface area (Å²) in [6.45, 7) is 7.59. The molecule has 2 aromatic carbocycles. The van der Waals surface area contributed by atoms with Crippen LogP contribution in [0.25, 0.3) is 10.8 Å². The summed E-state index contributed by atoms with van der Waals surface area (Å²) in [5.74, 6) is -2.91. The van der Waals surface area contributed by atoms with Gasteiger partial charge in [-0.15, -0.1) is 5.10 Å². The van der Waals surface area contributed by atoms with Crippen molar-refractivity contribution in [2.75, 3.05) is 25.5 Å². The zero-order chi connectivity index (χ0) is 42.4. The topological polar surface area (TPSA) is 189 Å². The minimum Gasteiger partial charge on any atom is -0.471 e. The Morgan fingerprint density at radius 3 is 2.37 bits per heavy atom. The second-order valence-corrected chi connectivity index (χ2v) is 19.5. The molecule has 4 aliphatic rings. The lowest BCUT2D eigenvalue weighted by Crippen LogP contribution is -2.59. The van der Waals surface area contributed by atoms with E-state index in [0.717, 1.165) is 12.1 Å². The maximum Gasteiger partial charge on any atom is 0.274 e. The zero-order valence-electron chi connectivity index (χ0n) is 34.6. The van der Waals surface area contributed by atoms with Crippen LogP contribution in [-0.2, 0) is 31.0 Å². The van der Waals surface area contributed by atoms with Gasteiger partial charge in [-0.3, -0.25) is 28.7 Å². The van der Waals surface area contributed by atoms with Crippen LogP contribution in [0.3, 0.4) is 0 Å². The molecule has 0 spiro atoms. The number of sulfonamides is 1. The maximum absolute atomic E-state index is 15.0. The lowest BCUT2D eigenvalue weighted by molar-refractivity contribution is -0.142. The summed E-state index contributed by atoms with van der Waals surface area (Å²) in [5, 5.41) is 11.3. The van der Waals surface area contributed by atoms with Crippen molar-refractivity contribution < 1.29 is 32.3 Å². The van der Waals surface area contributed by atoms with Gasteiger partial charge in [-0.2, -0.15) is 0 Å². The highest BCUT2D eigenvalue weighted by Gasteiger charge is 2.63. The van der Waals surface area contributed by atoms with Crippen LogP contribution < -0.4 is 30.6 Å². The number of anilines is 1. The Morgan fingerprint density at radius 2 is 1.71 bits per heavy atom. The number of carbonyl (C=O) groups is 4. The summed E-state index contributed by atoms with van der Waals surface area (Å²) in [6.07, 6.45) is 6.08. The smallest absolute Gasteiger partial charge is 0.274 e. The number of nitrogens with zero attached hydrogens (tertiary/aromatic N) is 4. The average Bonchev–Trinajstić information content (AvgIpc) is 4.09. The van der Waals surface area contributed by atoms with E-state index in [2.05, 4.69) is 27.4 Å². The first-order valence-corrected chi connectivity index (χ1v) is 22.1. The van der Waals surface area contributed by atoms with Gasteiger partial charge in [0.15, 0.2) is 0 Å². The maximum atomic E-state index is 15.0. The number of fused-ring (bicyclic) bond motifs is 3. The largest absolute Gasteiger partial charge is 0.471 e. The van der Waals surface area contributed by atoms with Crippen molar-refractivity contribution in [3.8, 4) is 5.88 Å². The van der Waals surface area contributed by atoms with Gasteiger partial charge >= 0.3 is 0 Å². The van der Waals surface area contributed by atoms with E-state index in [1.54, 1.807) is 50.2 Å². The van der Waals surface area contributed by atoms with Crippen molar-refractivity contribution in [1.82, 2.24) is 30.0 Å². The molecule has 3 heterocycles. The molecular weight excluding hydrogens is 775 g/mol. The normalized spacial score (nSPS) is 28.0. The van der Waals surface area contributed by atoms with Gasteiger partial charge < -0.3 is 25.2 Å².